The number of likely N-dealkylation sites (N-methyl/N-ethyl adjacent to an activating group) is 1. The van der Waals surface area contributed by atoms with E-state index in [2.05, 4.69) is 4.98 Å². The van der Waals surface area contributed by atoms with Gasteiger partial charge in [-0.05, 0) is 6.92 Å². The molecule has 1 unspecified atom stereocenters. The quantitative estimate of drug-likeness (QED) is 0.790. The zero-order valence-corrected chi connectivity index (χ0v) is 9.19. The van der Waals surface area contributed by atoms with Gasteiger partial charge in [0.15, 0.2) is 5.76 Å². The van der Waals surface area contributed by atoms with Crippen molar-refractivity contribution in [1.29, 1.82) is 0 Å². The SMILES string of the molecule is CC(N)CN(C)c1nc2c(o1)COCC2. The van der Waals surface area contributed by atoms with Gasteiger partial charge in [0, 0.05) is 26.1 Å². The molecule has 1 aromatic rings. The van der Waals surface area contributed by atoms with Gasteiger partial charge in [0.05, 0.1) is 12.3 Å². The van der Waals surface area contributed by atoms with Crippen molar-refractivity contribution in [2.45, 2.75) is 26.0 Å². The molecule has 0 saturated carbocycles. The highest BCUT2D eigenvalue weighted by Crippen LogP contribution is 2.22. The Morgan fingerprint density at radius 3 is 3.07 bits per heavy atom. The van der Waals surface area contributed by atoms with Gasteiger partial charge in [-0.3, -0.25) is 0 Å². The number of anilines is 1. The second-order valence-corrected chi connectivity index (χ2v) is 4.03. The summed E-state index contributed by atoms with van der Waals surface area (Å²) in [6.07, 6.45) is 0.838. The van der Waals surface area contributed by atoms with Gasteiger partial charge in [0.1, 0.15) is 6.61 Å². The molecule has 1 aromatic heterocycles. The fourth-order valence-corrected chi connectivity index (χ4v) is 1.68. The van der Waals surface area contributed by atoms with E-state index in [9.17, 15) is 0 Å². The smallest absolute Gasteiger partial charge is 0.297 e. The minimum absolute atomic E-state index is 0.107. The second-order valence-electron chi connectivity index (χ2n) is 4.03. The van der Waals surface area contributed by atoms with Crippen molar-refractivity contribution in [3.05, 3.63) is 11.5 Å². The highest BCUT2D eigenvalue weighted by molar-refractivity contribution is 5.29. The second kappa shape index (κ2) is 4.20. The van der Waals surface area contributed by atoms with Crippen LogP contribution in [-0.4, -0.2) is 31.2 Å². The first-order chi connectivity index (χ1) is 7.16. The number of ether oxygens (including phenoxy) is 1. The van der Waals surface area contributed by atoms with Gasteiger partial charge in [0.25, 0.3) is 6.01 Å². The van der Waals surface area contributed by atoms with Crippen molar-refractivity contribution in [3.8, 4) is 0 Å². The molecule has 1 atom stereocenters. The zero-order valence-electron chi connectivity index (χ0n) is 9.19. The molecule has 0 saturated heterocycles. The van der Waals surface area contributed by atoms with Crippen LogP contribution >= 0.6 is 0 Å². The minimum atomic E-state index is 0.107. The number of fused-ring (bicyclic) bond motifs is 1. The standard InChI is InChI=1S/C10H17N3O2/c1-7(11)5-13(2)10-12-8-3-4-14-6-9(8)15-10/h7H,3-6,11H2,1-2H3. The van der Waals surface area contributed by atoms with Crippen LogP contribution in [-0.2, 0) is 17.8 Å². The van der Waals surface area contributed by atoms with Crippen LogP contribution in [0.5, 0.6) is 0 Å². The van der Waals surface area contributed by atoms with Gasteiger partial charge < -0.3 is 19.8 Å². The average Bonchev–Trinajstić information content (AvgIpc) is 2.59. The third-order valence-electron chi connectivity index (χ3n) is 2.37. The molecule has 2 heterocycles. The summed E-state index contributed by atoms with van der Waals surface area (Å²) in [5, 5.41) is 0. The molecular formula is C10H17N3O2. The van der Waals surface area contributed by atoms with Crippen LogP contribution in [0.4, 0.5) is 6.01 Å². The molecule has 84 valence electrons. The Hall–Kier alpha value is -1.07. The summed E-state index contributed by atoms with van der Waals surface area (Å²) < 4.78 is 10.9. The van der Waals surface area contributed by atoms with Crippen molar-refractivity contribution in [2.75, 3.05) is 25.1 Å². The Morgan fingerprint density at radius 1 is 1.60 bits per heavy atom. The summed E-state index contributed by atoms with van der Waals surface area (Å²) in [7, 11) is 1.93. The maximum absolute atomic E-state index is 5.72. The molecule has 2 rings (SSSR count). The van der Waals surface area contributed by atoms with Crippen LogP contribution in [0.25, 0.3) is 0 Å². The number of hydrogen-bond acceptors (Lipinski definition) is 5. The number of rotatable bonds is 3. The summed E-state index contributed by atoms with van der Waals surface area (Å²) in [6.45, 7) is 3.97. The van der Waals surface area contributed by atoms with Gasteiger partial charge >= 0.3 is 0 Å². The Balaban J connectivity index is 2.11. The van der Waals surface area contributed by atoms with Gasteiger partial charge in [-0.1, -0.05) is 0 Å². The van der Waals surface area contributed by atoms with Gasteiger partial charge in [-0.2, -0.15) is 4.98 Å². The first-order valence-electron chi connectivity index (χ1n) is 5.20. The van der Waals surface area contributed by atoms with Crippen molar-refractivity contribution in [1.82, 2.24) is 4.98 Å². The lowest BCUT2D eigenvalue weighted by Crippen LogP contribution is -2.32. The van der Waals surface area contributed by atoms with Gasteiger partial charge in [-0.25, -0.2) is 0 Å². The Labute approximate surface area is 89.2 Å². The number of nitrogens with two attached hydrogens (primary N) is 1. The molecule has 0 spiro atoms. The van der Waals surface area contributed by atoms with E-state index >= 15 is 0 Å². The Morgan fingerprint density at radius 2 is 2.40 bits per heavy atom. The largest absolute Gasteiger partial charge is 0.426 e. The molecule has 15 heavy (non-hydrogen) atoms. The molecule has 0 aromatic carbocycles. The van der Waals surface area contributed by atoms with Gasteiger partial charge in [-0.15, -0.1) is 0 Å². The van der Waals surface area contributed by atoms with Crippen molar-refractivity contribution in [3.63, 3.8) is 0 Å². The van der Waals surface area contributed by atoms with Crippen LogP contribution in [0.15, 0.2) is 4.42 Å². The molecule has 0 radical (unpaired) electrons. The lowest BCUT2D eigenvalue weighted by molar-refractivity contribution is 0.0938. The predicted molar refractivity (Wildman–Crippen MR) is 56.8 cm³/mol. The molecule has 0 aliphatic carbocycles. The third-order valence-corrected chi connectivity index (χ3v) is 2.37. The number of hydrogen-bond donors (Lipinski definition) is 1. The van der Waals surface area contributed by atoms with E-state index in [1.807, 2.05) is 18.9 Å². The Kier molecular flexibility index (Phi) is 2.93. The van der Waals surface area contributed by atoms with Crippen molar-refractivity contribution < 1.29 is 9.15 Å². The van der Waals surface area contributed by atoms with Crippen LogP contribution in [0, 0.1) is 0 Å². The fraction of sp³-hybridized carbons (Fsp3) is 0.700. The molecule has 0 bridgehead atoms. The third kappa shape index (κ3) is 2.30. The van der Waals surface area contributed by atoms with Gasteiger partial charge in [0.2, 0.25) is 0 Å². The predicted octanol–water partition coefficient (Wildman–Crippen LogP) is 0.531. The van der Waals surface area contributed by atoms with Crippen molar-refractivity contribution in [2.24, 2.45) is 5.73 Å². The van der Waals surface area contributed by atoms with Crippen LogP contribution in [0.3, 0.4) is 0 Å². The summed E-state index contributed by atoms with van der Waals surface area (Å²) in [5.74, 6) is 0.854. The number of aromatic nitrogens is 1. The van der Waals surface area contributed by atoms with E-state index in [-0.39, 0.29) is 6.04 Å². The lowest BCUT2D eigenvalue weighted by atomic mass is 10.2. The molecule has 0 amide bonds. The maximum atomic E-state index is 5.72. The van der Waals surface area contributed by atoms with Crippen molar-refractivity contribution >= 4 is 6.01 Å². The molecule has 5 heteroatoms. The number of oxazole rings is 1. The van der Waals surface area contributed by atoms with Crippen LogP contribution < -0.4 is 10.6 Å². The summed E-state index contributed by atoms with van der Waals surface area (Å²) >= 11 is 0. The summed E-state index contributed by atoms with van der Waals surface area (Å²) in [4.78, 5) is 6.36. The van der Waals surface area contributed by atoms with E-state index < -0.39 is 0 Å². The first kappa shape index (κ1) is 10.4. The lowest BCUT2D eigenvalue weighted by Gasteiger charge is -2.16. The molecule has 1 aliphatic rings. The summed E-state index contributed by atoms with van der Waals surface area (Å²) in [6, 6.07) is 0.748. The van der Waals surface area contributed by atoms with E-state index in [0.717, 1.165) is 31.0 Å². The van der Waals surface area contributed by atoms with E-state index in [0.29, 0.717) is 12.6 Å². The number of nitrogens with zero attached hydrogens (tertiary/aromatic N) is 2. The fourth-order valence-electron chi connectivity index (χ4n) is 1.68. The normalized spacial score (nSPS) is 17.3. The monoisotopic (exact) mass is 211 g/mol. The Bertz CT molecular complexity index is 312. The van der Waals surface area contributed by atoms with E-state index in [1.165, 1.54) is 0 Å². The molecule has 2 N–H and O–H groups in total. The highest BCUT2D eigenvalue weighted by atomic mass is 16.5. The average molecular weight is 211 g/mol. The highest BCUT2D eigenvalue weighted by Gasteiger charge is 2.19. The topological polar surface area (TPSA) is 64.5 Å². The zero-order chi connectivity index (χ0) is 10.8. The van der Waals surface area contributed by atoms with Crippen LogP contribution in [0.2, 0.25) is 0 Å². The molecule has 1 aliphatic heterocycles. The molecule has 0 fully saturated rings. The summed E-state index contributed by atoms with van der Waals surface area (Å²) in [5.41, 5.74) is 6.74. The van der Waals surface area contributed by atoms with Crippen LogP contribution in [0.1, 0.15) is 18.4 Å². The maximum Gasteiger partial charge on any atom is 0.297 e. The minimum Gasteiger partial charge on any atom is -0.426 e. The molecular weight excluding hydrogens is 194 g/mol. The van der Waals surface area contributed by atoms with E-state index in [1.54, 1.807) is 0 Å². The first-order valence-corrected chi connectivity index (χ1v) is 5.20. The molecule has 5 nitrogen and oxygen atoms in total. The van der Waals surface area contributed by atoms with E-state index in [4.69, 9.17) is 14.9 Å².